The van der Waals surface area contributed by atoms with Crippen molar-refractivity contribution in [3.8, 4) is 0 Å². The molecule has 20 heavy (non-hydrogen) atoms. The van der Waals surface area contributed by atoms with Gasteiger partial charge < -0.3 is 16.0 Å². The molecule has 0 aromatic heterocycles. The molecule has 0 bridgehead atoms. The molecule has 1 heterocycles. The zero-order valence-corrected chi connectivity index (χ0v) is 14.2. The van der Waals surface area contributed by atoms with E-state index >= 15 is 0 Å². The average molecular weight is 326 g/mol. The van der Waals surface area contributed by atoms with Gasteiger partial charge in [0.1, 0.15) is 0 Å². The molecule has 1 aliphatic heterocycles. The molecular weight excluding hydrogens is 297 g/mol. The normalized spacial score (nSPS) is 34.0. The Bertz CT molecular complexity index is 313. The fraction of sp³-hybridized carbons (Fsp3) is 0.929. The topological polar surface area (TPSA) is 58.4 Å². The highest BCUT2D eigenvalue weighted by Gasteiger charge is 2.37. The maximum absolute atomic E-state index is 12.2. The zero-order valence-electron chi connectivity index (χ0n) is 12.6. The van der Waals surface area contributed by atoms with Gasteiger partial charge in [0.15, 0.2) is 0 Å². The van der Waals surface area contributed by atoms with E-state index in [0.29, 0.717) is 5.92 Å². The maximum atomic E-state index is 12.2. The minimum Gasteiger partial charge on any atom is -0.355 e. The second kappa shape index (κ2) is 8.42. The van der Waals surface area contributed by atoms with Crippen molar-refractivity contribution in [3.05, 3.63) is 0 Å². The lowest BCUT2D eigenvalue weighted by molar-refractivity contribution is -0.128. The lowest BCUT2D eigenvalue weighted by Crippen LogP contribution is -2.53. The number of nitrogens with one attached hydrogen (secondary N) is 1. The van der Waals surface area contributed by atoms with Gasteiger partial charge >= 0.3 is 0 Å². The molecular formula is C14H29Cl2N3O. The van der Waals surface area contributed by atoms with Crippen molar-refractivity contribution in [2.75, 3.05) is 26.7 Å². The molecule has 120 valence electrons. The Kier molecular flexibility index (Phi) is 8.41. The van der Waals surface area contributed by atoms with Crippen molar-refractivity contribution in [1.29, 1.82) is 0 Å². The van der Waals surface area contributed by atoms with E-state index in [9.17, 15) is 4.79 Å². The van der Waals surface area contributed by atoms with E-state index in [-0.39, 0.29) is 42.2 Å². The molecule has 1 amide bonds. The Labute approximate surface area is 135 Å². The van der Waals surface area contributed by atoms with Crippen LogP contribution in [0.2, 0.25) is 0 Å². The standard InChI is InChI=1S/C14H27N3O.2ClH/c1-14(15)7-4-3-5-12(14)13(18)16-9-11-6-8-17(2)10-11;;/h11-12H,3-10,15H2,1-2H3,(H,16,18);2*1H. The summed E-state index contributed by atoms with van der Waals surface area (Å²) >= 11 is 0. The largest absolute Gasteiger partial charge is 0.355 e. The molecule has 2 rings (SSSR count). The predicted octanol–water partition coefficient (Wildman–Crippen LogP) is 1.81. The van der Waals surface area contributed by atoms with Crippen LogP contribution in [0.25, 0.3) is 0 Å². The number of hydrogen-bond acceptors (Lipinski definition) is 3. The summed E-state index contributed by atoms with van der Waals surface area (Å²) in [6, 6.07) is 0. The van der Waals surface area contributed by atoms with Crippen LogP contribution in [0.5, 0.6) is 0 Å². The molecule has 3 N–H and O–H groups in total. The molecule has 1 aliphatic carbocycles. The molecule has 6 heteroatoms. The SMILES string of the molecule is CN1CCC(CNC(=O)C2CCCCC2(C)N)C1.Cl.Cl. The summed E-state index contributed by atoms with van der Waals surface area (Å²) in [5.74, 6) is 0.797. The lowest BCUT2D eigenvalue weighted by atomic mass is 9.74. The minimum absolute atomic E-state index is 0. The number of halogens is 2. The Morgan fingerprint density at radius 1 is 1.35 bits per heavy atom. The third-order valence-electron chi connectivity index (χ3n) is 4.62. The average Bonchev–Trinajstić information content (AvgIpc) is 2.71. The van der Waals surface area contributed by atoms with Gasteiger partial charge in [0, 0.05) is 18.6 Å². The minimum atomic E-state index is -0.311. The van der Waals surface area contributed by atoms with Crippen molar-refractivity contribution in [1.82, 2.24) is 10.2 Å². The highest BCUT2D eigenvalue weighted by molar-refractivity contribution is 5.85. The fourth-order valence-corrected chi connectivity index (χ4v) is 3.35. The first kappa shape index (κ1) is 20.0. The summed E-state index contributed by atoms with van der Waals surface area (Å²) in [6.07, 6.45) is 5.41. The van der Waals surface area contributed by atoms with E-state index < -0.39 is 0 Å². The number of likely N-dealkylation sites (tertiary alicyclic amines) is 1. The molecule has 3 unspecified atom stereocenters. The molecule has 2 fully saturated rings. The molecule has 0 aromatic carbocycles. The number of rotatable bonds is 3. The van der Waals surface area contributed by atoms with E-state index in [2.05, 4.69) is 17.3 Å². The third-order valence-corrected chi connectivity index (χ3v) is 4.62. The van der Waals surface area contributed by atoms with Crippen molar-refractivity contribution in [2.24, 2.45) is 17.6 Å². The highest BCUT2D eigenvalue weighted by atomic mass is 35.5. The van der Waals surface area contributed by atoms with E-state index in [1.54, 1.807) is 0 Å². The summed E-state index contributed by atoms with van der Waals surface area (Å²) in [6.45, 7) is 5.10. The molecule has 0 radical (unpaired) electrons. The van der Waals surface area contributed by atoms with Crippen LogP contribution in [-0.2, 0) is 4.79 Å². The Hall–Kier alpha value is -0.0300. The van der Waals surface area contributed by atoms with Crippen molar-refractivity contribution in [2.45, 2.75) is 44.6 Å². The first-order chi connectivity index (χ1) is 8.49. The fourth-order valence-electron chi connectivity index (χ4n) is 3.35. The van der Waals surface area contributed by atoms with Gasteiger partial charge in [-0.25, -0.2) is 0 Å². The summed E-state index contributed by atoms with van der Waals surface area (Å²) in [4.78, 5) is 14.6. The molecule has 0 spiro atoms. The molecule has 2 aliphatic rings. The summed E-state index contributed by atoms with van der Waals surface area (Å²) in [5, 5.41) is 3.12. The van der Waals surface area contributed by atoms with Crippen LogP contribution in [0, 0.1) is 11.8 Å². The van der Waals surface area contributed by atoms with Gasteiger partial charge in [-0.15, -0.1) is 24.8 Å². The van der Waals surface area contributed by atoms with Gasteiger partial charge in [-0.2, -0.15) is 0 Å². The van der Waals surface area contributed by atoms with Crippen LogP contribution in [0.15, 0.2) is 0 Å². The van der Waals surface area contributed by atoms with Gasteiger partial charge in [-0.05, 0) is 45.7 Å². The Morgan fingerprint density at radius 3 is 2.60 bits per heavy atom. The van der Waals surface area contributed by atoms with Crippen molar-refractivity contribution < 1.29 is 4.79 Å². The molecule has 1 saturated heterocycles. The number of nitrogens with two attached hydrogens (primary N) is 1. The van der Waals surface area contributed by atoms with Crippen LogP contribution in [0.4, 0.5) is 0 Å². The van der Waals surface area contributed by atoms with Gasteiger partial charge in [0.05, 0.1) is 5.92 Å². The number of nitrogens with zero attached hydrogens (tertiary/aromatic N) is 1. The monoisotopic (exact) mass is 325 g/mol. The lowest BCUT2D eigenvalue weighted by Gasteiger charge is -2.37. The number of carbonyl (C=O) groups excluding carboxylic acids is 1. The van der Waals surface area contributed by atoms with E-state index in [4.69, 9.17) is 5.73 Å². The molecule has 1 saturated carbocycles. The van der Waals surface area contributed by atoms with E-state index in [1.807, 2.05) is 6.92 Å². The first-order valence-corrected chi connectivity index (χ1v) is 7.24. The number of carbonyl (C=O) groups is 1. The molecule has 4 nitrogen and oxygen atoms in total. The van der Waals surface area contributed by atoms with Crippen LogP contribution in [0.1, 0.15) is 39.0 Å². The van der Waals surface area contributed by atoms with Crippen molar-refractivity contribution >= 4 is 30.7 Å². The molecule has 0 aromatic rings. The second-order valence-electron chi connectivity index (χ2n) is 6.47. The summed E-state index contributed by atoms with van der Waals surface area (Å²) in [7, 11) is 2.14. The van der Waals surface area contributed by atoms with Gasteiger partial charge in [0.2, 0.25) is 5.91 Å². The second-order valence-corrected chi connectivity index (χ2v) is 6.47. The van der Waals surface area contributed by atoms with Gasteiger partial charge in [-0.3, -0.25) is 4.79 Å². The quantitative estimate of drug-likeness (QED) is 0.831. The Balaban J connectivity index is 0.00000180. The van der Waals surface area contributed by atoms with Crippen LogP contribution >= 0.6 is 24.8 Å². The smallest absolute Gasteiger partial charge is 0.224 e. The highest BCUT2D eigenvalue weighted by Crippen LogP contribution is 2.31. The van der Waals surface area contributed by atoms with E-state index in [1.165, 1.54) is 6.42 Å². The van der Waals surface area contributed by atoms with Crippen LogP contribution in [-0.4, -0.2) is 43.0 Å². The van der Waals surface area contributed by atoms with Crippen molar-refractivity contribution in [3.63, 3.8) is 0 Å². The number of amides is 1. The van der Waals surface area contributed by atoms with Crippen LogP contribution < -0.4 is 11.1 Å². The van der Waals surface area contributed by atoms with E-state index in [0.717, 1.165) is 45.3 Å². The molecule has 3 atom stereocenters. The summed E-state index contributed by atoms with van der Waals surface area (Å²) in [5.41, 5.74) is 5.95. The van der Waals surface area contributed by atoms with Crippen LogP contribution in [0.3, 0.4) is 0 Å². The predicted molar refractivity (Wildman–Crippen MR) is 87.7 cm³/mol. The zero-order chi connectivity index (χ0) is 13.2. The third kappa shape index (κ3) is 5.06. The number of hydrogen-bond donors (Lipinski definition) is 2. The first-order valence-electron chi connectivity index (χ1n) is 7.24. The maximum Gasteiger partial charge on any atom is 0.224 e. The Morgan fingerprint density at radius 2 is 2.05 bits per heavy atom. The van der Waals surface area contributed by atoms with Gasteiger partial charge in [-0.1, -0.05) is 12.8 Å². The summed E-state index contributed by atoms with van der Waals surface area (Å²) < 4.78 is 0. The van der Waals surface area contributed by atoms with Gasteiger partial charge in [0.25, 0.3) is 0 Å².